The third kappa shape index (κ3) is 3.96. The Bertz CT molecular complexity index is 435. The minimum Gasteiger partial charge on any atom is -0.313 e. The maximum absolute atomic E-state index is 4.22. The molecule has 0 aromatic heterocycles. The predicted molar refractivity (Wildman–Crippen MR) is 88.1 cm³/mol. The SMILES string of the molecule is C=C(CC)CC(NCCC)C1CCc2ccccc2C1. The molecule has 2 unspecified atom stereocenters. The van der Waals surface area contributed by atoms with Gasteiger partial charge in [-0.15, -0.1) is 0 Å². The highest BCUT2D eigenvalue weighted by molar-refractivity contribution is 5.30. The van der Waals surface area contributed by atoms with Gasteiger partial charge in [0.2, 0.25) is 0 Å². The van der Waals surface area contributed by atoms with Gasteiger partial charge in [-0.05, 0) is 62.1 Å². The summed E-state index contributed by atoms with van der Waals surface area (Å²) in [6.07, 6.45) is 7.24. The van der Waals surface area contributed by atoms with Crippen molar-refractivity contribution in [3.8, 4) is 0 Å². The molecule has 0 bridgehead atoms. The summed E-state index contributed by atoms with van der Waals surface area (Å²) in [6.45, 7) is 9.81. The second-order valence-electron chi connectivity index (χ2n) is 6.14. The molecule has 0 radical (unpaired) electrons. The van der Waals surface area contributed by atoms with Crippen molar-refractivity contribution >= 4 is 0 Å². The van der Waals surface area contributed by atoms with Gasteiger partial charge in [-0.1, -0.05) is 50.3 Å². The highest BCUT2D eigenvalue weighted by atomic mass is 14.9. The maximum atomic E-state index is 4.22. The molecule has 1 aliphatic carbocycles. The summed E-state index contributed by atoms with van der Waals surface area (Å²) in [5.41, 5.74) is 4.51. The van der Waals surface area contributed by atoms with Crippen LogP contribution in [0.2, 0.25) is 0 Å². The lowest BCUT2D eigenvalue weighted by molar-refractivity contribution is 0.316. The first-order valence-corrected chi connectivity index (χ1v) is 8.21. The third-order valence-electron chi connectivity index (χ3n) is 4.62. The van der Waals surface area contributed by atoms with Gasteiger partial charge in [0.05, 0.1) is 0 Å². The van der Waals surface area contributed by atoms with Crippen LogP contribution >= 0.6 is 0 Å². The summed E-state index contributed by atoms with van der Waals surface area (Å²) < 4.78 is 0. The molecule has 1 heteroatoms. The first-order valence-electron chi connectivity index (χ1n) is 8.21. The second-order valence-corrected chi connectivity index (χ2v) is 6.14. The molecule has 0 fully saturated rings. The average molecular weight is 271 g/mol. The smallest absolute Gasteiger partial charge is 0.0136 e. The van der Waals surface area contributed by atoms with Gasteiger partial charge < -0.3 is 5.32 Å². The highest BCUT2D eigenvalue weighted by Gasteiger charge is 2.25. The molecule has 1 aliphatic rings. The second kappa shape index (κ2) is 7.64. The molecule has 2 atom stereocenters. The molecule has 2 rings (SSSR count). The van der Waals surface area contributed by atoms with Gasteiger partial charge in [-0.2, -0.15) is 0 Å². The molecule has 0 amide bonds. The number of rotatable bonds is 7. The minimum atomic E-state index is 0.607. The van der Waals surface area contributed by atoms with Gasteiger partial charge in [0.15, 0.2) is 0 Å². The molecule has 1 nitrogen and oxygen atoms in total. The number of hydrogen-bond acceptors (Lipinski definition) is 1. The van der Waals surface area contributed by atoms with E-state index in [2.05, 4.69) is 50.0 Å². The topological polar surface area (TPSA) is 12.0 Å². The Kier molecular flexibility index (Phi) is 5.85. The minimum absolute atomic E-state index is 0.607. The number of aryl methyl sites for hydroxylation is 1. The summed E-state index contributed by atoms with van der Waals surface area (Å²) in [6, 6.07) is 9.57. The van der Waals surface area contributed by atoms with Crippen molar-refractivity contribution in [2.45, 2.75) is 58.4 Å². The van der Waals surface area contributed by atoms with E-state index in [0.717, 1.165) is 25.3 Å². The van der Waals surface area contributed by atoms with Gasteiger partial charge in [0, 0.05) is 6.04 Å². The molecule has 0 aliphatic heterocycles. The van der Waals surface area contributed by atoms with Crippen molar-refractivity contribution in [1.29, 1.82) is 0 Å². The molecule has 20 heavy (non-hydrogen) atoms. The Morgan fingerprint density at radius 2 is 2.05 bits per heavy atom. The molecule has 110 valence electrons. The standard InChI is InChI=1S/C19H29N/c1-4-12-20-19(13-15(3)5-2)18-11-10-16-8-6-7-9-17(16)14-18/h6-9,18-20H,3-5,10-14H2,1-2H3. The lowest BCUT2D eigenvalue weighted by Crippen LogP contribution is -2.39. The molecule has 1 aromatic rings. The van der Waals surface area contributed by atoms with Crippen molar-refractivity contribution in [2.75, 3.05) is 6.54 Å². The van der Waals surface area contributed by atoms with Gasteiger partial charge in [0.25, 0.3) is 0 Å². The first-order chi connectivity index (χ1) is 9.74. The Morgan fingerprint density at radius 3 is 2.75 bits per heavy atom. The third-order valence-corrected chi connectivity index (χ3v) is 4.62. The lowest BCUT2D eigenvalue weighted by Gasteiger charge is -2.33. The molecule has 1 aromatic carbocycles. The van der Waals surface area contributed by atoms with E-state index in [1.807, 2.05) is 0 Å². The van der Waals surface area contributed by atoms with E-state index in [9.17, 15) is 0 Å². The molecule has 0 heterocycles. The normalized spacial score (nSPS) is 19.4. The van der Waals surface area contributed by atoms with Crippen molar-refractivity contribution in [1.82, 2.24) is 5.32 Å². The lowest BCUT2D eigenvalue weighted by atomic mass is 9.78. The van der Waals surface area contributed by atoms with Crippen molar-refractivity contribution in [3.05, 3.63) is 47.5 Å². The van der Waals surface area contributed by atoms with E-state index in [4.69, 9.17) is 0 Å². The molecule has 1 N–H and O–H groups in total. The first kappa shape index (κ1) is 15.3. The van der Waals surface area contributed by atoms with Gasteiger partial charge in [-0.3, -0.25) is 0 Å². The molecule has 0 spiro atoms. The fourth-order valence-corrected chi connectivity index (χ4v) is 3.26. The van der Waals surface area contributed by atoms with Gasteiger partial charge in [-0.25, -0.2) is 0 Å². The Balaban J connectivity index is 2.04. The van der Waals surface area contributed by atoms with E-state index < -0.39 is 0 Å². The maximum Gasteiger partial charge on any atom is 0.0136 e. The van der Waals surface area contributed by atoms with Crippen molar-refractivity contribution < 1.29 is 0 Å². The number of fused-ring (bicyclic) bond motifs is 1. The Labute approximate surface area is 124 Å². The van der Waals surface area contributed by atoms with Crippen LogP contribution in [-0.4, -0.2) is 12.6 Å². The Hall–Kier alpha value is -1.08. The van der Waals surface area contributed by atoms with Crippen LogP contribution in [0.1, 0.15) is 50.7 Å². The van der Waals surface area contributed by atoms with E-state index >= 15 is 0 Å². The highest BCUT2D eigenvalue weighted by Crippen LogP contribution is 2.29. The van der Waals surface area contributed by atoms with Crippen LogP contribution in [0.5, 0.6) is 0 Å². The molecular formula is C19H29N. The van der Waals surface area contributed by atoms with Crippen LogP contribution in [0.4, 0.5) is 0 Å². The average Bonchev–Trinajstić information content (AvgIpc) is 2.50. The van der Waals surface area contributed by atoms with Crippen LogP contribution in [0, 0.1) is 5.92 Å². The molecule has 0 saturated carbocycles. The van der Waals surface area contributed by atoms with E-state index in [1.165, 1.54) is 31.3 Å². The molecular weight excluding hydrogens is 242 g/mol. The summed E-state index contributed by atoms with van der Waals surface area (Å²) >= 11 is 0. The number of benzene rings is 1. The van der Waals surface area contributed by atoms with Gasteiger partial charge >= 0.3 is 0 Å². The summed E-state index contributed by atoms with van der Waals surface area (Å²) in [5, 5.41) is 3.77. The largest absolute Gasteiger partial charge is 0.313 e. The van der Waals surface area contributed by atoms with E-state index in [1.54, 1.807) is 11.1 Å². The number of nitrogens with one attached hydrogen (secondary N) is 1. The quantitative estimate of drug-likeness (QED) is 0.719. The van der Waals surface area contributed by atoms with Crippen molar-refractivity contribution in [2.24, 2.45) is 5.92 Å². The Morgan fingerprint density at radius 1 is 1.30 bits per heavy atom. The molecule has 0 saturated heterocycles. The van der Waals surface area contributed by atoms with Crippen LogP contribution < -0.4 is 5.32 Å². The summed E-state index contributed by atoms with van der Waals surface area (Å²) in [5.74, 6) is 0.764. The van der Waals surface area contributed by atoms with Crippen LogP contribution in [0.25, 0.3) is 0 Å². The fraction of sp³-hybridized carbons (Fsp3) is 0.579. The fourth-order valence-electron chi connectivity index (χ4n) is 3.26. The van der Waals surface area contributed by atoms with Crippen molar-refractivity contribution in [3.63, 3.8) is 0 Å². The summed E-state index contributed by atoms with van der Waals surface area (Å²) in [4.78, 5) is 0. The summed E-state index contributed by atoms with van der Waals surface area (Å²) in [7, 11) is 0. The van der Waals surface area contributed by atoms with Crippen LogP contribution in [0.3, 0.4) is 0 Å². The van der Waals surface area contributed by atoms with E-state index in [0.29, 0.717) is 6.04 Å². The van der Waals surface area contributed by atoms with E-state index in [-0.39, 0.29) is 0 Å². The van der Waals surface area contributed by atoms with Crippen LogP contribution in [0.15, 0.2) is 36.4 Å². The zero-order chi connectivity index (χ0) is 14.4. The van der Waals surface area contributed by atoms with Gasteiger partial charge in [0.1, 0.15) is 0 Å². The monoisotopic (exact) mass is 271 g/mol. The predicted octanol–water partition coefficient (Wildman–Crippen LogP) is 4.52. The number of hydrogen-bond donors (Lipinski definition) is 1. The zero-order valence-corrected chi connectivity index (χ0v) is 13.1. The zero-order valence-electron chi connectivity index (χ0n) is 13.1. The van der Waals surface area contributed by atoms with Crippen LogP contribution in [-0.2, 0) is 12.8 Å².